The lowest BCUT2D eigenvalue weighted by Crippen LogP contribution is -2.35. The zero-order chi connectivity index (χ0) is 16.5. The standard InChI is InChI=1S/C16H19FN2O3/c1-10-12(17)8-11(9-13(10)18-5)14-6-7-21-19(14)15(20)22-16(2,3)4/h8-9,14H,6-7H2,1-4H3/t14-/m0/s1. The summed E-state index contributed by atoms with van der Waals surface area (Å²) in [7, 11) is 0. The predicted octanol–water partition coefficient (Wildman–Crippen LogP) is 4.30. The van der Waals surface area contributed by atoms with E-state index >= 15 is 0 Å². The molecule has 0 unspecified atom stereocenters. The number of hydroxylamine groups is 2. The first-order valence-electron chi connectivity index (χ1n) is 7.05. The summed E-state index contributed by atoms with van der Waals surface area (Å²) in [5, 5.41) is 1.13. The van der Waals surface area contributed by atoms with Gasteiger partial charge in [0, 0.05) is 6.42 Å². The van der Waals surface area contributed by atoms with Gasteiger partial charge in [0.2, 0.25) is 0 Å². The van der Waals surface area contributed by atoms with Crippen LogP contribution in [0.4, 0.5) is 14.9 Å². The molecule has 1 aliphatic heterocycles. The predicted molar refractivity (Wildman–Crippen MR) is 78.8 cm³/mol. The molecule has 1 atom stereocenters. The van der Waals surface area contributed by atoms with Gasteiger partial charge in [0.25, 0.3) is 0 Å². The van der Waals surface area contributed by atoms with Gasteiger partial charge in [0.05, 0.1) is 19.2 Å². The zero-order valence-corrected chi connectivity index (χ0v) is 13.1. The molecule has 1 saturated heterocycles. The van der Waals surface area contributed by atoms with Crippen LogP contribution in [0, 0.1) is 19.3 Å². The Morgan fingerprint density at radius 1 is 1.50 bits per heavy atom. The molecule has 22 heavy (non-hydrogen) atoms. The molecule has 1 amide bonds. The lowest BCUT2D eigenvalue weighted by molar-refractivity contribution is -0.125. The first-order chi connectivity index (χ1) is 10.2. The van der Waals surface area contributed by atoms with Crippen molar-refractivity contribution >= 4 is 11.8 Å². The van der Waals surface area contributed by atoms with Gasteiger partial charge < -0.3 is 4.74 Å². The van der Waals surface area contributed by atoms with E-state index in [1.54, 1.807) is 33.8 Å². The van der Waals surface area contributed by atoms with Crippen LogP contribution in [0.15, 0.2) is 12.1 Å². The van der Waals surface area contributed by atoms with Crippen LogP contribution < -0.4 is 0 Å². The Labute approximate surface area is 129 Å². The van der Waals surface area contributed by atoms with E-state index < -0.39 is 23.6 Å². The second-order valence-corrected chi connectivity index (χ2v) is 6.20. The quantitative estimate of drug-likeness (QED) is 0.727. The Bertz CT molecular complexity index is 632. The molecule has 6 heteroatoms. The number of hydrogen-bond donors (Lipinski definition) is 0. The maximum atomic E-state index is 14.0. The maximum absolute atomic E-state index is 14.0. The average molecular weight is 306 g/mol. The summed E-state index contributed by atoms with van der Waals surface area (Å²) >= 11 is 0. The molecule has 1 aliphatic rings. The van der Waals surface area contributed by atoms with E-state index in [2.05, 4.69) is 4.85 Å². The molecule has 0 radical (unpaired) electrons. The summed E-state index contributed by atoms with van der Waals surface area (Å²) in [4.78, 5) is 20.8. The van der Waals surface area contributed by atoms with Gasteiger partial charge in [-0.3, -0.25) is 4.84 Å². The normalized spacial score (nSPS) is 18.2. The monoisotopic (exact) mass is 306 g/mol. The van der Waals surface area contributed by atoms with Crippen molar-refractivity contribution in [3.63, 3.8) is 0 Å². The zero-order valence-electron chi connectivity index (χ0n) is 13.1. The fourth-order valence-electron chi connectivity index (χ4n) is 2.25. The molecule has 1 heterocycles. The van der Waals surface area contributed by atoms with Crippen molar-refractivity contribution in [1.82, 2.24) is 5.06 Å². The van der Waals surface area contributed by atoms with Crippen LogP contribution in [0.5, 0.6) is 0 Å². The molecule has 2 rings (SSSR count). The highest BCUT2D eigenvalue weighted by Gasteiger charge is 2.35. The van der Waals surface area contributed by atoms with Gasteiger partial charge in [0.1, 0.15) is 11.4 Å². The van der Waals surface area contributed by atoms with Gasteiger partial charge in [-0.2, -0.15) is 5.06 Å². The first kappa shape index (κ1) is 16.2. The van der Waals surface area contributed by atoms with Crippen LogP contribution in [-0.4, -0.2) is 23.4 Å². The molecule has 1 fully saturated rings. The van der Waals surface area contributed by atoms with E-state index in [4.69, 9.17) is 16.1 Å². The molecule has 0 saturated carbocycles. The molecular weight excluding hydrogens is 287 g/mol. The smallest absolute Gasteiger partial charge is 0.435 e. The summed E-state index contributed by atoms with van der Waals surface area (Å²) in [6.45, 7) is 14.3. The molecule has 0 bridgehead atoms. The molecule has 1 aromatic carbocycles. The van der Waals surface area contributed by atoms with Crippen molar-refractivity contribution < 1.29 is 18.8 Å². The third-order valence-electron chi connectivity index (χ3n) is 3.32. The van der Waals surface area contributed by atoms with E-state index in [0.717, 1.165) is 5.06 Å². The van der Waals surface area contributed by atoms with Crippen molar-refractivity contribution in [1.29, 1.82) is 0 Å². The van der Waals surface area contributed by atoms with Gasteiger partial charge in [-0.1, -0.05) is 6.07 Å². The molecular formula is C16H19FN2O3. The molecule has 0 N–H and O–H groups in total. The van der Waals surface area contributed by atoms with Gasteiger partial charge in [-0.25, -0.2) is 14.0 Å². The molecule has 1 aromatic rings. The Morgan fingerprint density at radius 2 is 2.18 bits per heavy atom. The number of amides is 1. The van der Waals surface area contributed by atoms with Crippen molar-refractivity contribution in [2.45, 2.75) is 45.8 Å². The molecule has 5 nitrogen and oxygen atoms in total. The number of ether oxygens (including phenoxy) is 1. The maximum Gasteiger partial charge on any atom is 0.435 e. The van der Waals surface area contributed by atoms with Crippen LogP contribution in [-0.2, 0) is 9.57 Å². The highest BCUT2D eigenvalue weighted by atomic mass is 19.1. The lowest BCUT2D eigenvalue weighted by Gasteiger charge is -2.27. The molecule has 118 valence electrons. The first-order valence-corrected chi connectivity index (χ1v) is 7.05. The Hall–Kier alpha value is -2.13. The highest BCUT2D eigenvalue weighted by Crippen LogP contribution is 2.35. The Balaban J connectivity index is 2.30. The largest absolute Gasteiger partial charge is 0.442 e. The lowest BCUT2D eigenvalue weighted by atomic mass is 10.0. The van der Waals surface area contributed by atoms with Gasteiger partial charge in [-0.15, -0.1) is 0 Å². The summed E-state index contributed by atoms with van der Waals surface area (Å²) in [6, 6.07) is 2.49. The van der Waals surface area contributed by atoms with Gasteiger partial charge >= 0.3 is 6.09 Å². The number of carbonyl (C=O) groups is 1. The van der Waals surface area contributed by atoms with E-state index in [1.807, 2.05) is 0 Å². The second kappa shape index (κ2) is 5.93. The SMILES string of the molecule is [C-]#[N+]c1cc([C@@H]2CCON2C(=O)OC(C)(C)C)cc(F)c1C. The van der Waals surface area contributed by atoms with E-state index in [-0.39, 0.29) is 5.69 Å². The fraction of sp³-hybridized carbons (Fsp3) is 0.500. The topological polar surface area (TPSA) is 43.1 Å². The fourth-order valence-corrected chi connectivity index (χ4v) is 2.25. The Morgan fingerprint density at radius 3 is 2.77 bits per heavy atom. The van der Waals surface area contributed by atoms with E-state index in [1.165, 1.54) is 6.07 Å². The summed E-state index contributed by atoms with van der Waals surface area (Å²) in [6.07, 6.45) is -0.0838. The minimum absolute atomic E-state index is 0.242. The third-order valence-corrected chi connectivity index (χ3v) is 3.32. The van der Waals surface area contributed by atoms with Crippen LogP contribution >= 0.6 is 0 Å². The number of hydrogen-bond acceptors (Lipinski definition) is 3. The summed E-state index contributed by atoms with van der Waals surface area (Å²) < 4.78 is 19.3. The molecule has 0 aliphatic carbocycles. The number of carbonyl (C=O) groups excluding carboxylic acids is 1. The highest BCUT2D eigenvalue weighted by molar-refractivity contribution is 5.68. The van der Waals surface area contributed by atoms with Crippen molar-refractivity contribution in [3.8, 4) is 0 Å². The summed E-state index contributed by atoms with van der Waals surface area (Å²) in [5.74, 6) is -0.459. The van der Waals surface area contributed by atoms with Crippen molar-refractivity contribution in [2.75, 3.05) is 6.61 Å². The number of nitrogens with zero attached hydrogens (tertiary/aromatic N) is 2. The minimum atomic E-state index is -0.645. The summed E-state index contributed by atoms with van der Waals surface area (Å²) in [5.41, 5.74) is 0.443. The minimum Gasteiger partial charge on any atom is -0.442 e. The van der Waals surface area contributed by atoms with Crippen molar-refractivity contribution in [2.24, 2.45) is 0 Å². The molecule has 0 spiro atoms. The van der Waals surface area contributed by atoms with Crippen LogP contribution in [0.2, 0.25) is 0 Å². The number of benzene rings is 1. The number of halogens is 1. The van der Waals surface area contributed by atoms with Crippen LogP contribution in [0.3, 0.4) is 0 Å². The number of rotatable bonds is 1. The van der Waals surface area contributed by atoms with E-state index in [0.29, 0.717) is 24.2 Å². The Kier molecular flexibility index (Phi) is 4.38. The van der Waals surface area contributed by atoms with Crippen LogP contribution in [0.25, 0.3) is 4.85 Å². The average Bonchev–Trinajstić information content (AvgIpc) is 2.89. The van der Waals surface area contributed by atoms with Gasteiger partial charge in [0.15, 0.2) is 5.69 Å². The van der Waals surface area contributed by atoms with Gasteiger partial charge in [-0.05, 0) is 44.9 Å². The van der Waals surface area contributed by atoms with Crippen LogP contribution in [0.1, 0.15) is 44.4 Å². The second-order valence-electron chi connectivity index (χ2n) is 6.20. The molecule has 0 aromatic heterocycles. The van der Waals surface area contributed by atoms with Crippen molar-refractivity contribution in [3.05, 3.63) is 40.5 Å². The third kappa shape index (κ3) is 3.37. The van der Waals surface area contributed by atoms with E-state index in [9.17, 15) is 9.18 Å².